The van der Waals surface area contributed by atoms with Crippen LogP contribution < -0.4 is 0 Å². The molecule has 0 fully saturated rings. The van der Waals surface area contributed by atoms with E-state index in [9.17, 15) is 0 Å². The average molecular weight is 130 g/mol. The maximum atomic E-state index is 8.44. The van der Waals surface area contributed by atoms with Gasteiger partial charge in [0.1, 0.15) is 11.4 Å². The molecule has 0 aliphatic rings. The van der Waals surface area contributed by atoms with Crippen LogP contribution in [0.4, 0.5) is 0 Å². The van der Waals surface area contributed by atoms with Crippen LogP contribution in [0.3, 0.4) is 0 Å². The Morgan fingerprint density at radius 3 is 2.88 bits per heavy atom. The van der Waals surface area contributed by atoms with Crippen molar-refractivity contribution < 1.29 is 5.11 Å². The Morgan fingerprint density at radius 2 is 2.62 bits per heavy atom. The predicted molar refractivity (Wildman–Crippen MR) is 31.8 cm³/mol. The normalized spacial score (nSPS) is 9.62. The van der Waals surface area contributed by atoms with Crippen molar-refractivity contribution in [2.24, 2.45) is 0 Å². The van der Waals surface area contributed by atoms with Gasteiger partial charge in [-0.1, -0.05) is 12.2 Å². The number of aliphatic hydroxyl groups is 1. The molecule has 0 aromatic carbocycles. The van der Waals surface area contributed by atoms with E-state index < -0.39 is 0 Å². The molecule has 4 heteroatoms. The predicted octanol–water partition coefficient (Wildman–Crippen LogP) is 0.495. The van der Waals surface area contributed by atoms with Crippen LogP contribution in [0, 0.1) is 4.64 Å². The Labute approximate surface area is 51.6 Å². The fourth-order valence-corrected chi connectivity index (χ4v) is 0.634. The Kier molecular flexibility index (Phi) is 1.45. The van der Waals surface area contributed by atoms with Crippen molar-refractivity contribution in [3.63, 3.8) is 0 Å². The lowest BCUT2D eigenvalue weighted by molar-refractivity contribution is 0.195. The smallest absolute Gasteiger partial charge is 0.133 e. The lowest BCUT2D eigenvalue weighted by atomic mass is 10.8. The minimum absolute atomic E-state index is 0.0450. The Morgan fingerprint density at radius 1 is 1.88 bits per heavy atom. The van der Waals surface area contributed by atoms with Crippen molar-refractivity contribution >= 4 is 12.2 Å². The second-order valence-corrected chi connectivity index (χ2v) is 1.84. The summed E-state index contributed by atoms with van der Waals surface area (Å²) in [6, 6.07) is 1.71. The summed E-state index contributed by atoms with van der Waals surface area (Å²) < 4.78 is 2.13. The minimum atomic E-state index is -0.0450. The first-order chi connectivity index (χ1) is 3.83. The summed E-state index contributed by atoms with van der Waals surface area (Å²) in [4.78, 5) is 0. The third-order valence-electron chi connectivity index (χ3n) is 0.812. The summed E-state index contributed by atoms with van der Waals surface area (Å²) in [5.41, 5.74) is 0. The molecule has 0 saturated carbocycles. The molecule has 0 atom stereocenters. The molecule has 0 aliphatic heterocycles. The molecule has 0 bridgehead atoms. The fraction of sp³-hybridized carbons (Fsp3) is 0.250. The highest BCUT2D eigenvalue weighted by Crippen LogP contribution is 1.84. The third-order valence-corrected chi connectivity index (χ3v) is 1.04. The van der Waals surface area contributed by atoms with Crippen molar-refractivity contribution in [1.29, 1.82) is 0 Å². The largest absolute Gasteiger partial charge is 0.375 e. The van der Waals surface area contributed by atoms with Gasteiger partial charge in [0.05, 0.1) is 0 Å². The van der Waals surface area contributed by atoms with Crippen molar-refractivity contribution in [2.45, 2.75) is 6.73 Å². The summed E-state index contributed by atoms with van der Waals surface area (Å²) in [7, 11) is 0. The molecular formula is C4H6N2OS. The molecular weight excluding hydrogens is 124 g/mol. The Hall–Kier alpha value is -0.610. The second-order valence-electron chi connectivity index (χ2n) is 1.40. The number of aromatic nitrogens is 2. The first-order valence-electron chi connectivity index (χ1n) is 2.19. The number of H-pyrrole nitrogens is 1. The molecule has 2 N–H and O–H groups in total. The van der Waals surface area contributed by atoms with Crippen LogP contribution in [0.25, 0.3) is 0 Å². The van der Waals surface area contributed by atoms with Crippen LogP contribution >= 0.6 is 12.2 Å². The van der Waals surface area contributed by atoms with E-state index >= 15 is 0 Å². The monoisotopic (exact) mass is 130 g/mol. The zero-order chi connectivity index (χ0) is 5.98. The van der Waals surface area contributed by atoms with E-state index in [1.165, 1.54) is 4.68 Å². The number of hydrogen-bond acceptors (Lipinski definition) is 2. The third kappa shape index (κ3) is 0.962. The first kappa shape index (κ1) is 5.53. The number of nitrogens with zero attached hydrogens (tertiary/aromatic N) is 1. The maximum Gasteiger partial charge on any atom is 0.133 e. The highest BCUT2D eigenvalue weighted by molar-refractivity contribution is 7.71. The molecule has 0 saturated heterocycles. The lowest BCUT2D eigenvalue weighted by Gasteiger charge is -1.89. The Balaban J connectivity index is 3.01. The van der Waals surface area contributed by atoms with Gasteiger partial charge in [-0.2, -0.15) is 0 Å². The molecule has 8 heavy (non-hydrogen) atoms. The van der Waals surface area contributed by atoms with Gasteiger partial charge < -0.3 is 5.11 Å². The second kappa shape index (κ2) is 2.11. The molecule has 1 aromatic heterocycles. The van der Waals surface area contributed by atoms with E-state index in [0.29, 0.717) is 4.64 Å². The van der Waals surface area contributed by atoms with Crippen LogP contribution in [-0.4, -0.2) is 14.9 Å². The van der Waals surface area contributed by atoms with E-state index in [2.05, 4.69) is 5.10 Å². The van der Waals surface area contributed by atoms with Gasteiger partial charge in [0.25, 0.3) is 0 Å². The minimum Gasteiger partial charge on any atom is -0.375 e. The molecule has 44 valence electrons. The van der Waals surface area contributed by atoms with E-state index in [-0.39, 0.29) is 6.73 Å². The zero-order valence-corrected chi connectivity index (χ0v) is 4.98. The number of aliphatic hydroxyl groups excluding tert-OH is 1. The summed E-state index contributed by atoms with van der Waals surface area (Å²) in [6.07, 6.45) is 1.68. The summed E-state index contributed by atoms with van der Waals surface area (Å²) in [5.74, 6) is 0. The van der Waals surface area contributed by atoms with Gasteiger partial charge in [-0.3, -0.25) is 9.78 Å². The average Bonchev–Trinajstić information content (AvgIpc) is 2.14. The van der Waals surface area contributed by atoms with Crippen LogP contribution in [0.2, 0.25) is 0 Å². The maximum absolute atomic E-state index is 8.44. The highest BCUT2D eigenvalue weighted by Gasteiger charge is 1.81. The number of aromatic amines is 1. The standard InChI is InChI=1S/C4H6N2OS/c7-3-6-2-1-4(8)5-6/h1-2,7H,3H2,(H,5,8). The Bertz CT molecular complexity index is 214. The van der Waals surface area contributed by atoms with Crippen LogP contribution in [-0.2, 0) is 6.73 Å². The van der Waals surface area contributed by atoms with Gasteiger partial charge in [0, 0.05) is 6.20 Å². The molecule has 0 amide bonds. The van der Waals surface area contributed by atoms with E-state index in [4.69, 9.17) is 17.3 Å². The highest BCUT2D eigenvalue weighted by atomic mass is 32.1. The summed E-state index contributed by atoms with van der Waals surface area (Å²) in [6.45, 7) is -0.0450. The fourth-order valence-electron chi connectivity index (χ4n) is 0.456. The van der Waals surface area contributed by atoms with Crippen molar-refractivity contribution in [1.82, 2.24) is 9.78 Å². The molecule has 0 aliphatic carbocycles. The molecule has 0 spiro atoms. The number of rotatable bonds is 1. The van der Waals surface area contributed by atoms with E-state index in [1.807, 2.05) is 0 Å². The first-order valence-corrected chi connectivity index (χ1v) is 2.60. The van der Waals surface area contributed by atoms with Crippen molar-refractivity contribution in [3.05, 3.63) is 16.9 Å². The van der Waals surface area contributed by atoms with Gasteiger partial charge in [0.2, 0.25) is 0 Å². The number of nitrogens with one attached hydrogen (secondary N) is 1. The summed E-state index contributed by atoms with van der Waals surface area (Å²) >= 11 is 4.71. The molecule has 1 aromatic rings. The SMILES string of the molecule is OCn1ccc(=S)[nH]1. The van der Waals surface area contributed by atoms with Crippen LogP contribution in [0.5, 0.6) is 0 Å². The van der Waals surface area contributed by atoms with Crippen molar-refractivity contribution in [2.75, 3.05) is 0 Å². The molecule has 3 nitrogen and oxygen atoms in total. The quantitative estimate of drug-likeness (QED) is 0.543. The van der Waals surface area contributed by atoms with Gasteiger partial charge in [-0.15, -0.1) is 0 Å². The molecule has 0 unspecified atom stereocenters. The zero-order valence-electron chi connectivity index (χ0n) is 4.16. The van der Waals surface area contributed by atoms with Gasteiger partial charge in [-0.25, -0.2) is 0 Å². The van der Waals surface area contributed by atoms with Gasteiger partial charge in [-0.05, 0) is 6.07 Å². The van der Waals surface area contributed by atoms with Gasteiger partial charge >= 0.3 is 0 Å². The lowest BCUT2D eigenvalue weighted by Crippen LogP contribution is -1.95. The number of hydrogen-bond donors (Lipinski definition) is 2. The topological polar surface area (TPSA) is 41.0 Å². The van der Waals surface area contributed by atoms with Gasteiger partial charge in [0.15, 0.2) is 0 Å². The van der Waals surface area contributed by atoms with E-state index in [0.717, 1.165) is 0 Å². The van der Waals surface area contributed by atoms with Crippen LogP contribution in [0.15, 0.2) is 12.3 Å². The summed E-state index contributed by atoms with van der Waals surface area (Å²) in [5, 5.41) is 11.1. The van der Waals surface area contributed by atoms with Crippen LogP contribution in [0.1, 0.15) is 0 Å². The van der Waals surface area contributed by atoms with E-state index in [1.54, 1.807) is 12.3 Å². The molecule has 1 heterocycles. The molecule has 0 radical (unpaired) electrons. The van der Waals surface area contributed by atoms with Crippen molar-refractivity contribution in [3.8, 4) is 0 Å². The molecule has 1 rings (SSSR count).